The van der Waals surface area contributed by atoms with Crippen LogP contribution in [0, 0.1) is 0 Å². The number of hydrogen-bond acceptors (Lipinski definition) is 2. The van der Waals surface area contributed by atoms with Crippen LogP contribution < -0.4 is 4.74 Å². The lowest BCUT2D eigenvalue weighted by atomic mass is 10.3. The van der Waals surface area contributed by atoms with Gasteiger partial charge in [0.25, 0.3) is 0 Å². The maximum absolute atomic E-state index is 5.68. The lowest BCUT2D eigenvalue weighted by Crippen LogP contribution is -2.04. The zero-order valence-electron chi connectivity index (χ0n) is 9.47. The third-order valence-electron chi connectivity index (χ3n) is 2.39. The van der Waals surface area contributed by atoms with Crippen LogP contribution in [0.15, 0.2) is 42.9 Å². The van der Waals surface area contributed by atoms with Gasteiger partial charge in [-0.15, -0.1) is 0 Å². The van der Waals surface area contributed by atoms with Gasteiger partial charge in [0.2, 0.25) is 0 Å². The summed E-state index contributed by atoms with van der Waals surface area (Å²) in [5, 5.41) is 0. The summed E-state index contributed by atoms with van der Waals surface area (Å²) in [7, 11) is 0. The minimum absolute atomic E-state index is 0.573. The second-order valence-corrected chi connectivity index (χ2v) is 3.68. The van der Waals surface area contributed by atoms with Crippen molar-refractivity contribution in [1.82, 2.24) is 9.55 Å². The zero-order valence-corrected chi connectivity index (χ0v) is 9.47. The molecule has 0 N–H and O–H groups in total. The molecule has 0 fully saturated rings. The average molecular weight is 216 g/mol. The molecule has 0 saturated carbocycles. The predicted molar refractivity (Wildman–Crippen MR) is 63.3 cm³/mol. The quantitative estimate of drug-likeness (QED) is 0.768. The number of rotatable bonds is 5. The SMILES string of the molecule is CCCn1cncc1COc1ccccc1. The van der Waals surface area contributed by atoms with Crippen LogP contribution in [0.2, 0.25) is 0 Å². The molecule has 84 valence electrons. The molecule has 1 aromatic heterocycles. The fourth-order valence-electron chi connectivity index (χ4n) is 1.58. The van der Waals surface area contributed by atoms with E-state index in [1.54, 1.807) is 0 Å². The van der Waals surface area contributed by atoms with E-state index in [0.717, 1.165) is 24.4 Å². The lowest BCUT2D eigenvalue weighted by molar-refractivity contribution is 0.294. The third kappa shape index (κ3) is 2.63. The van der Waals surface area contributed by atoms with Crippen molar-refractivity contribution in [2.45, 2.75) is 26.5 Å². The molecule has 2 rings (SSSR count). The fourth-order valence-corrected chi connectivity index (χ4v) is 1.58. The van der Waals surface area contributed by atoms with E-state index in [-0.39, 0.29) is 0 Å². The molecule has 0 aliphatic carbocycles. The number of benzene rings is 1. The molecule has 3 nitrogen and oxygen atoms in total. The van der Waals surface area contributed by atoms with Crippen molar-refractivity contribution in [2.75, 3.05) is 0 Å². The molecule has 0 unspecified atom stereocenters. The van der Waals surface area contributed by atoms with Gasteiger partial charge in [-0.05, 0) is 18.6 Å². The van der Waals surface area contributed by atoms with E-state index in [0.29, 0.717) is 6.61 Å². The molecule has 1 aromatic carbocycles. The molecule has 0 atom stereocenters. The molecule has 0 bridgehead atoms. The van der Waals surface area contributed by atoms with Crippen LogP contribution in [0.3, 0.4) is 0 Å². The van der Waals surface area contributed by atoms with Gasteiger partial charge in [0, 0.05) is 6.54 Å². The molecule has 3 heteroatoms. The smallest absolute Gasteiger partial charge is 0.130 e. The molecular weight excluding hydrogens is 200 g/mol. The van der Waals surface area contributed by atoms with Gasteiger partial charge in [-0.2, -0.15) is 0 Å². The van der Waals surface area contributed by atoms with Gasteiger partial charge in [0.15, 0.2) is 0 Å². The normalized spacial score (nSPS) is 10.3. The first kappa shape index (κ1) is 10.7. The van der Waals surface area contributed by atoms with E-state index in [2.05, 4.69) is 16.5 Å². The molecule has 0 radical (unpaired) electrons. The topological polar surface area (TPSA) is 27.1 Å². The summed E-state index contributed by atoms with van der Waals surface area (Å²) in [6.07, 6.45) is 4.82. The highest BCUT2D eigenvalue weighted by Crippen LogP contribution is 2.11. The molecule has 1 heterocycles. The van der Waals surface area contributed by atoms with Crippen LogP contribution in [-0.2, 0) is 13.2 Å². The highest BCUT2D eigenvalue weighted by molar-refractivity contribution is 5.21. The summed E-state index contributed by atoms with van der Waals surface area (Å²) in [5.74, 6) is 0.895. The van der Waals surface area contributed by atoms with Crippen molar-refractivity contribution in [1.29, 1.82) is 0 Å². The fraction of sp³-hybridized carbons (Fsp3) is 0.308. The van der Waals surface area contributed by atoms with Crippen molar-refractivity contribution in [3.63, 3.8) is 0 Å². The van der Waals surface area contributed by atoms with Gasteiger partial charge in [-0.25, -0.2) is 4.98 Å². The Hall–Kier alpha value is -1.77. The van der Waals surface area contributed by atoms with E-state index < -0.39 is 0 Å². The Bertz CT molecular complexity index is 423. The second kappa shape index (κ2) is 5.35. The molecule has 0 saturated heterocycles. The first-order valence-electron chi connectivity index (χ1n) is 5.57. The molecule has 0 spiro atoms. The number of ether oxygens (including phenoxy) is 1. The van der Waals surface area contributed by atoms with Crippen LogP contribution in [0.1, 0.15) is 19.0 Å². The molecule has 0 aliphatic heterocycles. The number of nitrogens with zero attached hydrogens (tertiary/aromatic N) is 2. The van der Waals surface area contributed by atoms with E-state index in [1.165, 1.54) is 0 Å². The number of imidazole rings is 1. The summed E-state index contributed by atoms with van der Waals surface area (Å²) < 4.78 is 7.80. The maximum atomic E-state index is 5.68. The monoisotopic (exact) mass is 216 g/mol. The van der Waals surface area contributed by atoms with E-state index in [1.807, 2.05) is 42.9 Å². The molecule has 2 aromatic rings. The van der Waals surface area contributed by atoms with Crippen LogP contribution in [0.25, 0.3) is 0 Å². The van der Waals surface area contributed by atoms with Gasteiger partial charge < -0.3 is 9.30 Å². The van der Waals surface area contributed by atoms with Crippen molar-refractivity contribution in [3.05, 3.63) is 48.5 Å². The number of aryl methyl sites for hydroxylation is 1. The van der Waals surface area contributed by atoms with E-state index in [4.69, 9.17) is 4.74 Å². The Morgan fingerprint density at radius 2 is 2.06 bits per heavy atom. The van der Waals surface area contributed by atoms with Crippen molar-refractivity contribution in [2.24, 2.45) is 0 Å². The van der Waals surface area contributed by atoms with Gasteiger partial charge in [0.1, 0.15) is 12.4 Å². The number of hydrogen-bond donors (Lipinski definition) is 0. The molecular formula is C13H16N2O. The van der Waals surface area contributed by atoms with Gasteiger partial charge in [-0.3, -0.25) is 0 Å². The minimum Gasteiger partial charge on any atom is -0.487 e. The minimum atomic E-state index is 0.573. The summed E-state index contributed by atoms with van der Waals surface area (Å²) in [6.45, 7) is 3.72. The Morgan fingerprint density at radius 1 is 1.25 bits per heavy atom. The molecule has 16 heavy (non-hydrogen) atoms. The number of para-hydroxylation sites is 1. The van der Waals surface area contributed by atoms with Crippen LogP contribution in [-0.4, -0.2) is 9.55 Å². The summed E-state index contributed by atoms with van der Waals surface area (Å²) in [4.78, 5) is 4.14. The van der Waals surface area contributed by atoms with Crippen molar-refractivity contribution < 1.29 is 4.74 Å². The molecule has 0 amide bonds. The predicted octanol–water partition coefficient (Wildman–Crippen LogP) is 2.87. The largest absolute Gasteiger partial charge is 0.487 e. The van der Waals surface area contributed by atoms with E-state index in [9.17, 15) is 0 Å². The maximum Gasteiger partial charge on any atom is 0.130 e. The first-order chi connectivity index (χ1) is 7.90. The van der Waals surface area contributed by atoms with Crippen LogP contribution in [0.4, 0.5) is 0 Å². The standard InChI is InChI=1S/C13H16N2O/c1-2-8-15-11-14-9-12(15)10-16-13-6-4-3-5-7-13/h3-7,9,11H,2,8,10H2,1H3. The first-order valence-corrected chi connectivity index (χ1v) is 5.57. The Kier molecular flexibility index (Phi) is 3.59. The summed E-state index contributed by atoms with van der Waals surface area (Å²) in [6, 6.07) is 9.84. The summed E-state index contributed by atoms with van der Waals surface area (Å²) in [5.41, 5.74) is 1.12. The third-order valence-corrected chi connectivity index (χ3v) is 2.39. The van der Waals surface area contributed by atoms with Gasteiger partial charge in [-0.1, -0.05) is 25.1 Å². The van der Waals surface area contributed by atoms with Crippen molar-refractivity contribution in [3.8, 4) is 5.75 Å². The Morgan fingerprint density at radius 3 is 2.81 bits per heavy atom. The Labute approximate surface area is 95.7 Å². The average Bonchev–Trinajstić information content (AvgIpc) is 2.76. The molecule has 0 aliphatic rings. The number of aromatic nitrogens is 2. The van der Waals surface area contributed by atoms with Crippen LogP contribution >= 0.6 is 0 Å². The highest BCUT2D eigenvalue weighted by Gasteiger charge is 2.01. The zero-order chi connectivity index (χ0) is 11.2. The van der Waals surface area contributed by atoms with E-state index >= 15 is 0 Å². The van der Waals surface area contributed by atoms with Crippen molar-refractivity contribution >= 4 is 0 Å². The van der Waals surface area contributed by atoms with Gasteiger partial charge in [0.05, 0.1) is 18.2 Å². The van der Waals surface area contributed by atoms with Crippen LogP contribution in [0.5, 0.6) is 5.75 Å². The second-order valence-electron chi connectivity index (χ2n) is 3.68. The lowest BCUT2D eigenvalue weighted by Gasteiger charge is -2.08. The Balaban J connectivity index is 1.97. The highest BCUT2D eigenvalue weighted by atomic mass is 16.5. The summed E-state index contributed by atoms with van der Waals surface area (Å²) >= 11 is 0. The van der Waals surface area contributed by atoms with Gasteiger partial charge >= 0.3 is 0 Å².